The lowest BCUT2D eigenvalue weighted by Crippen LogP contribution is -2.46. The fraction of sp³-hybridized carbons (Fsp3) is 0.400. The van der Waals surface area contributed by atoms with Gasteiger partial charge in [-0.2, -0.15) is 0 Å². The number of anilines is 1. The van der Waals surface area contributed by atoms with E-state index in [1.165, 1.54) is 5.56 Å². The molecule has 1 saturated heterocycles. The van der Waals surface area contributed by atoms with Gasteiger partial charge in [0.2, 0.25) is 0 Å². The molecule has 2 aromatic carbocycles. The zero-order valence-corrected chi connectivity index (χ0v) is 23.4. The molecule has 1 aliphatic rings. The number of nitrogens with zero attached hydrogens (tertiary/aromatic N) is 4. The molecule has 10 heteroatoms. The summed E-state index contributed by atoms with van der Waals surface area (Å²) in [5.41, 5.74) is 5.26. The minimum Gasteiger partial charge on any atom is -0.394 e. The van der Waals surface area contributed by atoms with Gasteiger partial charge in [0, 0.05) is 56.5 Å². The monoisotopic (exact) mass is 564 g/mol. The van der Waals surface area contributed by atoms with Gasteiger partial charge in [-0.05, 0) is 28.8 Å². The lowest BCUT2D eigenvalue weighted by Gasteiger charge is -2.34. The standard InChI is InChI=1S/C30H37ClN6O3/c31-27-4-2-1-3-25(27)20-32-29-26-19-28(35-30(26)34-22-33-29)24-7-5-23(6-8-24)21-37-11-9-36(10-12-37)13-15-39-17-18-40-16-14-38/h1-8,19,22,38H,9-18,20-21H2,(H2,32,33,34,35). The van der Waals surface area contributed by atoms with Crippen LogP contribution in [0, 0.1) is 0 Å². The Hall–Kier alpha value is -3.05. The van der Waals surface area contributed by atoms with Crippen molar-refractivity contribution in [3.63, 3.8) is 0 Å². The maximum atomic E-state index is 8.71. The summed E-state index contributed by atoms with van der Waals surface area (Å²) in [5.74, 6) is 0.779. The molecule has 3 N–H and O–H groups in total. The summed E-state index contributed by atoms with van der Waals surface area (Å²) in [4.78, 5) is 17.3. The first kappa shape index (κ1) is 28.5. The highest BCUT2D eigenvalue weighted by molar-refractivity contribution is 6.31. The van der Waals surface area contributed by atoms with E-state index >= 15 is 0 Å². The molecule has 0 atom stereocenters. The van der Waals surface area contributed by atoms with Crippen LogP contribution in [0.15, 0.2) is 60.9 Å². The van der Waals surface area contributed by atoms with Crippen molar-refractivity contribution in [2.24, 2.45) is 0 Å². The number of hydrogen-bond acceptors (Lipinski definition) is 8. The summed E-state index contributed by atoms with van der Waals surface area (Å²) >= 11 is 6.32. The maximum Gasteiger partial charge on any atom is 0.143 e. The predicted molar refractivity (Wildman–Crippen MR) is 159 cm³/mol. The van der Waals surface area contributed by atoms with Crippen LogP contribution in [0.3, 0.4) is 0 Å². The van der Waals surface area contributed by atoms with Crippen molar-refractivity contribution in [2.45, 2.75) is 13.1 Å². The number of hydrogen-bond donors (Lipinski definition) is 3. The molecule has 40 heavy (non-hydrogen) atoms. The number of halogens is 1. The predicted octanol–water partition coefficient (Wildman–Crippen LogP) is 4.03. The number of benzene rings is 2. The smallest absolute Gasteiger partial charge is 0.143 e. The topological polar surface area (TPSA) is 98.8 Å². The van der Waals surface area contributed by atoms with Crippen molar-refractivity contribution in [3.8, 4) is 11.3 Å². The molecule has 2 aromatic heterocycles. The van der Waals surface area contributed by atoms with Crippen molar-refractivity contribution in [1.82, 2.24) is 24.8 Å². The number of aliphatic hydroxyl groups excluding tert-OH is 1. The largest absolute Gasteiger partial charge is 0.394 e. The van der Waals surface area contributed by atoms with Crippen LogP contribution >= 0.6 is 11.6 Å². The van der Waals surface area contributed by atoms with Crippen LogP contribution in [-0.2, 0) is 22.6 Å². The van der Waals surface area contributed by atoms with Crippen LogP contribution in [0.4, 0.5) is 5.82 Å². The molecular weight excluding hydrogens is 528 g/mol. The summed E-state index contributed by atoms with van der Waals surface area (Å²) in [6, 6.07) is 18.7. The van der Waals surface area contributed by atoms with Gasteiger partial charge in [0.1, 0.15) is 17.8 Å². The van der Waals surface area contributed by atoms with Gasteiger partial charge in [-0.3, -0.25) is 9.80 Å². The summed E-state index contributed by atoms with van der Waals surface area (Å²) in [6.45, 7) is 8.90. The normalized spacial score (nSPS) is 14.7. The maximum absolute atomic E-state index is 8.71. The first-order valence-electron chi connectivity index (χ1n) is 13.8. The number of aromatic amines is 1. The van der Waals surface area contributed by atoms with Crippen molar-refractivity contribution >= 4 is 28.5 Å². The third-order valence-corrected chi connectivity index (χ3v) is 7.49. The van der Waals surface area contributed by atoms with Crippen LogP contribution in [0.1, 0.15) is 11.1 Å². The van der Waals surface area contributed by atoms with E-state index in [9.17, 15) is 0 Å². The SMILES string of the molecule is OCCOCCOCCN1CCN(Cc2ccc(-c3cc4c(NCc5ccccc5Cl)ncnc4[nH]3)cc2)CC1. The van der Waals surface area contributed by atoms with Crippen molar-refractivity contribution < 1.29 is 14.6 Å². The van der Waals surface area contributed by atoms with Gasteiger partial charge in [-0.25, -0.2) is 9.97 Å². The van der Waals surface area contributed by atoms with Gasteiger partial charge in [0.25, 0.3) is 0 Å². The molecular formula is C30H37ClN6O3. The zero-order chi connectivity index (χ0) is 27.6. The highest BCUT2D eigenvalue weighted by atomic mass is 35.5. The third kappa shape index (κ3) is 7.78. The van der Waals surface area contributed by atoms with E-state index in [0.717, 1.165) is 78.0 Å². The number of ether oxygens (including phenoxy) is 2. The molecule has 1 fully saturated rings. The van der Waals surface area contributed by atoms with E-state index in [1.807, 2.05) is 24.3 Å². The van der Waals surface area contributed by atoms with Crippen LogP contribution < -0.4 is 5.32 Å². The van der Waals surface area contributed by atoms with E-state index in [2.05, 4.69) is 60.4 Å². The number of aromatic nitrogens is 3. The Morgan fingerprint density at radius 1 is 0.900 bits per heavy atom. The van der Waals surface area contributed by atoms with Crippen molar-refractivity contribution in [3.05, 3.63) is 77.1 Å². The summed E-state index contributed by atoms with van der Waals surface area (Å²) in [7, 11) is 0. The Labute approximate surface area is 240 Å². The highest BCUT2D eigenvalue weighted by Gasteiger charge is 2.17. The second-order valence-corrected chi connectivity index (χ2v) is 10.3. The quantitative estimate of drug-likeness (QED) is 0.197. The molecule has 212 valence electrons. The lowest BCUT2D eigenvalue weighted by molar-refractivity contribution is 0.0214. The van der Waals surface area contributed by atoms with E-state index < -0.39 is 0 Å². The number of piperazine rings is 1. The van der Waals surface area contributed by atoms with Crippen LogP contribution in [0.25, 0.3) is 22.3 Å². The molecule has 0 radical (unpaired) electrons. The fourth-order valence-electron chi connectivity index (χ4n) is 4.86. The van der Waals surface area contributed by atoms with Gasteiger partial charge in [-0.15, -0.1) is 0 Å². The Morgan fingerprint density at radius 3 is 2.42 bits per heavy atom. The molecule has 0 saturated carbocycles. The van der Waals surface area contributed by atoms with Gasteiger partial charge in [-0.1, -0.05) is 54.1 Å². The van der Waals surface area contributed by atoms with Crippen molar-refractivity contribution in [1.29, 1.82) is 0 Å². The van der Waals surface area contributed by atoms with Crippen molar-refractivity contribution in [2.75, 3.05) is 71.1 Å². The summed E-state index contributed by atoms with van der Waals surface area (Å²) in [5, 5.41) is 13.8. The second-order valence-electron chi connectivity index (χ2n) is 9.88. The summed E-state index contributed by atoms with van der Waals surface area (Å²) < 4.78 is 10.8. The average Bonchev–Trinajstić information content (AvgIpc) is 3.43. The Balaban J connectivity index is 1.10. The zero-order valence-electron chi connectivity index (χ0n) is 22.7. The molecule has 5 rings (SSSR count). The van der Waals surface area contributed by atoms with E-state index in [4.69, 9.17) is 26.2 Å². The third-order valence-electron chi connectivity index (χ3n) is 7.13. The van der Waals surface area contributed by atoms with Crippen LogP contribution in [0.2, 0.25) is 5.02 Å². The Bertz CT molecular complexity index is 1340. The Kier molecular flexibility index (Phi) is 10.4. The number of H-pyrrole nitrogens is 1. The van der Waals surface area contributed by atoms with Gasteiger partial charge in [0.05, 0.1) is 38.4 Å². The van der Waals surface area contributed by atoms with E-state index in [-0.39, 0.29) is 6.61 Å². The molecule has 9 nitrogen and oxygen atoms in total. The highest BCUT2D eigenvalue weighted by Crippen LogP contribution is 2.28. The number of nitrogens with one attached hydrogen (secondary N) is 2. The van der Waals surface area contributed by atoms with E-state index in [0.29, 0.717) is 33.0 Å². The van der Waals surface area contributed by atoms with E-state index in [1.54, 1.807) is 6.33 Å². The number of fused-ring (bicyclic) bond motifs is 1. The van der Waals surface area contributed by atoms with Gasteiger partial charge < -0.3 is 24.9 Å². The first-order valence-corrected chi connectivity index (χ1v) is 14.2. The second kappa shape index (κ2) is 14.5. The van der Waals surface area contributed by atoms with Gasteiger partial charge >= 0.3 is 0 Å². The molecule has 1 aliphatic heterocycles. The minimum atomic E-state index is 0.0549. The first-order chi connectivity index (χ1) is 19.7. The molecule has 0 unspecified atom stereocenters. The molecule has 0 amide bonds. The molecule has 0 bridgehead atoms. The number of rotatable bonds is 14. The summed E-state index contributed by atoms with van der Waals surface area (Å²) in [6.07, 6.45) is 1.57. The average molecular weight is 565 g/mol. The minimum absolute atomic E-state index is 0.0549. The lowest BCUT2D eigenvalue weighted by atomic mass is 10.1. The molecule has 3 heterocycles. The fourth-order valence-corrected chi connectivity index (χ4v) is 5.06. The molecule has 0 spiro atoms. The van der Waals surface area contributed by atoms with Crippen LogP contribution in [0.5, 0.6) is 0 Å². The van der Waals surface area contributed by atoms with Crippen LogP contribution in [-0.4, -0.2) is 95.6 Å². The molecule has 0 aliphatic carbocycles. The number of aliphatic hydroxyl groups is 1. The molecule has 4 aromatic rings. The van der Waals surface area contributed by atoms with Gasteiger partial charge in [0.15, 0.2) is 0 Å². The Morgan fingerprint density at radius 2 is 1.65 bits per heavy atom.